The number of ether oxygens (including phenoxy) is 1. The second kappa shape index (κ2) is 8.37. The van der Waals surface area contributed by atoms with Crippen LogP contribution in [0.2, 0.25) is 5.02 Å². The van der Waals surface area contributed by atoms with E-state index in [0.29, 0.717) is 4.96 Å². The number of aromatic nitrogens is 3. The Hall–Kier alpha value is -2.81. The number of aromatic hydroxyl groups is 1. The van der Waals surface area contributed by atoms with Crippen molar-refractivity contribution < 1.29 is 9.84 Å². The molecule has 4 aromatic rings. The van der Waals surface area contributed by atoms with Crippen LogP contribution < -0.4 is 9.64 Å². The molecule has 0 aliphatic carbocycles. The number of halogens is 1. The maximum atomic E-state index is 10.9. The number of fused-ring (bicyclic) bond motifs is 1. The zero-order valence-electron chi connectivity index (χ0n) is 17.0. The van der Waals surface area contributed by atoms with Crippen molar-refractivity contribution in [3.05, 3.63) is 70.3 Å². The van der Waals surface area contributed by atoms with Gasteiger partial charge in [0.25, 0.3) is 0 Å². The van der Waals surface area contributed by atoms with Gasteiger partial charge in [-0.2, -0.15) is 9.61 Å². The highest BCUT2D eigenvalue weighted by Crippen LogP contribution is 2.41. The molecule has 1 saturated heterocycles. The van der Waals surface area contributed by atoms with Gasteiger partial charge in [-0.1, -0.05) is 41.1 Å². The molecule has 0 spiro atoms. The van der Waals surface area contributed by atoms with Crippen molar-refractivity contribution in [3.8, 4) is 11.6 Å². The van der Waals surface area contributed by atoms with E-state index in [1.165, 1.54) is 22.2 Å². The highest BCUT2D eigenvalue weighted by Gasteiger charge is 2.31. The lowest BCUT2D eigenvalue weighted by molar-refractivity contribution is 0.211. The van der Waals surface area contributed by atoms with Gasteiger partial charge in [-0.25, -0.2) is 4.98 Å². The summed E-state index contributed by atoms with van der Waals surface area (Å²) in [6.45, 7) is 3.40. The molecule has 1 aliphatic rings. The summed E-state index contributed by atoms with van der Waals surface area (Å²) < 4.78 is 6.96. The first-order valence-corrected chi connectivity index (χ1v) is 11.2. The second-order valence-electron chi connectivity index (χ2n) is 7.43. The lowest BCUT2D eigenvalue weighted by Crippen LogP contribution is -2.47. The maximum absolute atomic E-state index is 10.9. The van der Waals surface area contributed by atoms with E-state index in [2.05, 4.69) is 32.0 Å². The van der Waals surface area contributed by atoms with Crippen LogP contribution in [0, 0.1) is 0 Å². The molecule has 1 aliphatic heterocycles. The van der Waals surface area contributed by atoms with Crippen LogP contribution in [0.5, 0.6) is 11.6 Å². The summed E-state index contributed by atoms with van der Waals surface area (Å²) in [4.78, 5) is 10.5. The van der Waals surface area contributed by atoms with E-state index < -0.39 is 0 Å². The topological polar surface area (TPSA) is 66.1 Å². The summed E-state index contributed by atoms with van der Waals surface area (Å²) in [6, 6.07) is 15.9. The molecule has 2 aromatic carbocycles. The Labute approximate surface area is 189 Å². The predicted octanol–water partition coefficient (Wildman–Crippen LogP) is 4.07. The third-order valence-corrected chi connectivity index (χ3v) is 6.97. The van der Waals surface area contributed by atoms with E-state index in [4.69, 9.17) is 16.3 Å². The molecule has 3 heterocycles. The van der Waals surface area contributed by atoms with Crippen LogP contribution in [0.25, 0.3) is 4.96 Å². The number of hydrogen-bond donors (Lipinski definition) is 1. The van der Waals surface area contributed by atoms with Gasteiger partial charge >= 0.3 is 0 Å². The van der Waals surface area contributed by atoms with Gasteiger partial charge in [0.2, 0.25) is 10.8 Å². The molecule has 1 fully saturated rings. The number of rotatable bonds is 5. The lowest BCUT2D eigenvalue weighted by Gasteiger charge is -2.40. The fourth-order valence-electron chi connectivity index (χ4n) is 4.12. The van der Waals surface area contributed by atoms with E-state index in [1.807, 2.05) is 36.4 Å². The normalized spacial score (nSPS) is 16.0. The number of anilines is 1. The number of benzene rings is 2. The first kappa shape index (κ1) is 20.1. The lowest BCUT2D eigenvalue weighted by atomic mass is 10.0. The molecule has 1 atom stereocenters. The number of hydrogen-bond acceptors (Lipinski definition) is 7. The monoisotopic (exact) mass is 455 g/mol. The van der Waals surface area contributed by atoms with Gasteiger partial charge in [-0.3, -0.25) is 4.90 Å². The fourth-order valence-corrected chi connectivity index (χ4v) is 5.40. The number of thiazole rings is 1. The second-order valence-corrected chi connectivity index (χ2v) is 8.87. The molecule has 0 radical (unpaired) electrons. The SMILES string of the molecule is COc1cccc(C(c2sc3ncnn3c2O)N2CCN(c3cccc(Cl)c3)CC2)c1. The summed E-state index contributed by atoms with van der Waals surface area (Å²) in [5.74, 6) is 0.932. The Morgan fingerprint density at radius 2 is 1.90 bits per heavy atom. The smallest absolute Gasteiger partial charge is 0.230 e. The van der Waals surface area contributed by atoms with E-state index in [1.54, 1.807) is 7.11 Å². The van der Waals surface area contributed by atoms with Crippen molar-refractivity contribution in [2.45, 2.75) is 6.04 Å². The maximum Gasteiger partial charge on any atom is 0.230 e. The summed E-state index contributed by atoms with van der Waals surface area (Å²) >= 11 is 7.65. The summed E-state index contributed by atoms with van der Waals surface area (Å²) in [5, 5.41) is 15.8. The van der Waals surface area contributed by atoms with Crippen LogP contribution >= 0.6 is 22.9 Å². The third kappa shape index (κ3) is 3.82. The number of methoxy groups -OCH3 is 1. The quantitative estimate of drug-likeness (QED) is 0.489. The Kier molecular flexibility index (Phi) is 5.43. The van der Waals surface area contributed by atoms with E-state index in [9.17, 15) is 5.11 Å². The van der Waals surface area contributed by atoms with E-state index >= 15 is 0 Å². The number of nitrogens with zero attached hydrogens (tertiary/aromatic N) is 5. The Bertz CT molecular complexity index is 1200. The highest BCUT2D eigenvalue weighted by molar-refractivity contribution is 7.17. The van der Waals surface area contributed by atoms with Crippen LogP contribution in [-0.2, 0) is 0 Å². The minimum atomic E-state index is -0.120. The zero-order chi connectivity index (χ0) is 21.4. The van der Waals surface area contributed by atoms with Gasteiger partial charge in [-0.15, -0.1) is 0 Å². The van der Waals surface area contributed by atoms with Crippen molar-refractivity contribution in [2.75, 3.05) is 38.2 Å². The van der Waals surface area contributed by atoms with Crippen LogP contribution in [-0.4, -0.2) is 57.9 Å². The zero-order valence-corrected chi connectivity index (χ0v) is 18.6. The Balaban J connectivity index is 1.48. The van der Waals surface area contributed by atoms with Crippen molar-refractivity contribution in [1.29, 1.82) is 0 Å². The standard InChI is InChI=1S/C22H22ClN5O2S/c1-30-18-7-2-4-15(12-18)19(20-21(29)28-22(31-20)24-14-25-28)27-10-8-26(9-11-27)17-6-3-5-16(23)13-17/h2-7,12-14,19,29H,8-11H2,1H3. The van der Waals surface area contributed by atoms with E-state index in [-0.39, 0.29) is 11.9 Å². The molecule has 0 saturated carbocycles. The van der Waals surface area contributed by atoms with E-state index in [0.717, 1.165) is 53.1 Å². The molecule has 1 N–H and O–H groups in total. The molecular formula is C22H22ClN5O2S. The molecule has 0 amide bonds. The first-order valence-electron chi connectivity index (χ1n) is 10.0. The van der Waals surface area contributed by atoms with Crippen molar-refractivity contribution in [3.63, 3.8) is 0 Å². The van der Waals surface area contributed by atoms with Crippen molar-refractivity contribution >= 4 is 33.6 Å². The average Bonchev–Trinajstić information content (AvgIpc) is 3.38. The third-order valence-electron chi connectivity index (χ3n) is 5.65. The molecule has 5 rings (SSSR count). The minimum absolute atomic E-state index is 0.120. The molecule has 9 heteroatoms. The largest absolute Gasteiger partial charge is 0.497 e. The average molecular weight is 456 g/mol. The molecule has 2 aromatic heterocycles. The molecular weight excluding hydrogens is 434 g/mol. The van der Waals surface area contributed by atoms with Gasteiger partial charge in [0.05, 0.1) is 18.0 Å². The molecule has 31 heavy (non-hydrogen) atoms. The van der Waals surface area contributed by atoms with Gasteiger partial charge in [0.15, 0.2) is 0 Å². The van der Waals surface area contributed by atoms with Crippen molar-refractivity contribution in [1.82, 2.24) is 19.5 Å². The molecule has 0 bridgehead atoms. The molecule has 7 nitrogen and oxygen atoms in total. The Morgan fingerprint density at radius 1 is 1.10 bits per heavy atom. The van der Waals surface area contributed by atoms with Gasteiger partial charge < -0.3 is 14.7 Å². The molecule has 1 unspecified atom stereocenters. The van der Waals surface area contributed by atoms with Crippen LogP contribution in [0.3, 0.4) is 0 Å². The van der Waals surface area contributed by atoms with Crippen LogP contribution in [0.4, 0.5) is 5.69 Å². The summed E-state index contributed by atoms with van der Waals surface area (Å²) in [5.41, 5.74) is 2.20. The first-order chi connectivity index (χ1) is 15.1. The van der Waals surface area contributed by atoms with Gasteiger partial charge in [0.1, 0.15) is 12.1 Å². The molecule has 160 valence electrons. The van der Waals surface area contributed by atoms with Gasteiger partial charge in [0, 0.05) is 36.9 Å². The minimum Gasteiger partial charge on any atom is -0.497 e. The van der Waals surface area contributed by atoms with Gasteiger partial charge in [-0.05, 0) is 35.9 Å². The summed E-state index contributed by atoms with van der Waals surface area (Å²) in [6.07, 6.45) is 1.46. The summed E-state index contributed by atoms with van der Waals surface area (Å²) in [7, 11) is 1.67. The Morgan fingerprint density at radius 3 is 2.65 bits per heavy atom. The van der Waals surface area contributed by atoms with Crippen molar-refractivity contribution in [2.24, 2.45) is 0 Å². The van der Waals surface area contributed by atoms with Crippen LogP contribution in [0.15, 0.2) is 54.9 Å². The number of piperazine rings is 1. The highest BCUT2D eigenvalue weighted by atomic mass is 35.5. The van der Waals surface area contributed by atoms with Crippen LogP contribution in [0.1, 0.15) is 16.5 Å². The predicted molar refractivity (Wildman–Crippen MR) is 123 cm³/mol. The fraction of sp³-hybridized carbons (Fsp3) is 0.273.